The molecule has 3 amide bonds. The molecule has 9 nitrogen and oxygen atoms in total. The smallest absolute Gasteiger partial charge is 0.360 e. The molecule has 2 heterocycles. The second kappa shape index (κ2) is 6.24. The predicted octanol–water partition coefficient (Wildman–Crippen LogP) is 0.0670. The maximum atomic E-state index is 14.7. The number of amides is 3. The number of nitrogens with one attached hydrogen (secondary N) is 2. The van der Waals surface area contributed by atoms with Crippen molar-refractivity contribution in [3.63, 3.8) is 0 Å². The molecule has 2 unspecified atom stereocenters. The topological polar surface area (TPSA) is 119 Å². The third kappa shape index (κ3) is 2.90. The summed E-state index contributed by atoms with van der Waals surface area (Å²) in [5, 5.41) is 6.95. The van der Waals surface area contributed by atoms with Crippen LogP contribution >= 0.6 is 0 Å². The van der Waals surface area contributed by atoms with Gasteiger partial charge in [-0.2, -0.15) is 0 Å². The molecule has 1 saturated heterocycles. The van der Waals surface area contributed by atoms with Gasteiger partial charge in [-0.3, -0.25) is 15.4 Å². The van der Waals surface area contributed by atoms with Gasteiger partial charge in [0.25, 0.3) is 12.1 Å². The summed E-state index contributed by atoms with van der Waals surface area (Å²) in [6, 6.07) is 2.09. The van der Waals surface area contributed by atoms with Gasteiger partial charge in [0.1, 0.15) is 12.0 Å². The summed E-state index contributed by atoms with van der Waals surface area (Å²) in [7, 11) is 0. The maximum Gasteiger partial charge on any atom is 0.360 e. The number of esters is 1. The molecular weight excluding hydrogens is 301 g/mol. The molecule has 0 bridgehead atoms. The van der Waals surface area contributed by atoms with Crippen molar-refractivity contribution >= 4 is 24.1 Å². The number of rotatable bonds is 5. The number of hydrogen-bond donors (Lipinski definition) is 2. The van der Waals surface area contributed by atoms with Crippen molar-refractivity contribution in [1.82, 2.24) is 10.6 Å². The van der Waals surface area contributed by atoms with Crippen LogP contribution in [0.4, 0.5) is 9.18 Å². The quantitative estimate of drug-likeness (QED) is 0.343. The second-order valence-electron chi connectivity index (χ2n) is 4.10. The predicted molar refractivity (Wildman–Crippen MR) is 68.3 cm³/mol. The third-order valence-corrected chi connectivity index (χ3v) is 2.64. The minimum Gasteiger partial charge on any atom is -0.463 e. The summed E-state index contributed by atoms with van der Waals surface area (Å²) >= 11 is 0. The van der Waals surface area contributed by atoms with E-state index in [0.717, 1.165) is 6.21 Å². The van der Waals surface area contributed by atoms with E-state index in [0.29, 0.717) is 0 Å². The molecule has 1 aromatic rings. The Morgan fingerprint density at radius 2 is 2.36 bits per heavy atom. The number of hydrogen-bond acceptors (Lipinski definition) is 7. The van der Waals surface area contributed by atoms with Gasteiger partial charge in [0.2, 0.25) is 0 Å². The number of nitrogens with zero attached hydrogens (tertiary/aromatic N) is 1. The molecule has 0 radical (unpaired) electrons. The molecular formula is C12H12FN3O6. The van der Waals surface area contributed by atoms with E-state index in [2.05, 4.69) is 9.89 Å². The number of halogens is 1. The van der Waals surface area contributed by atoms with E-state index >= 15 is 0 Å². The highest BCUT2D eigenvalue weighted by Gasteiger charge is 2.61. The summed E-state index contributed by atoms with van der Waals surface area (Å²) in [6.45, 7) is 1.28. The van der Waals surface area contributed by atoms with Crippen LogP contribution in [0.5, 0.6) is 0 Å². The van der Waals surface area contributed by atoms with Gasteiger partial charge in [-0.15, -0.1) is 0 Å². The zero-order valence-electron chi connectivity index (χ0n) is 11.4. The zero-order chi connectivity index (χ0) is 16.2. The molecule has 0 aromatic carbocycles. The van der Waals surface area contributed by atoms with Crippen molar-refractivity contribution in [2.24, 2.45) is 5.16 Å². The Morgan fingerprint density at radius 1 is 1.59 bits per heavy atom. The number of oxime groups is 1. The van der Waals surface area contributed by atoms with Crippen molar-refractivity contribution in [2.75, 3.05) is 6.61 Å². The van der Waals surface area contributed by atoms with Crippen LogP contribution in [-0.2, 0) is 19.2 Å². The van der Waals surface area contributed by atoms with Gasteiger partial charge in [-0.25, -0.2) is 14.0 Å². The first-order chi connectivity index (χ1) is 10.5. The first-order valence-corrected chi connectivity index (χ1v) is 6.19. The van der Waals surface area contributed by atoms with Gasteiger partial charge in [-0.1, -0.05) is 5.16 Å². The SMILES string of the molecule is CCOC(=O)C1(F)C(=O)NC(=O)NC1O/N=C/c1ccco1. The molecule has 0 saturated carbocycles. The molecule has 1 fully saturated rings. The van der Waals surface area contributed by atoms with Crippen molar-refractivity contribution in [3.05, 3.63) is 24.2 Å². The van der Waals surface area contributed by atoms with E-state index in [9.17, 15) is 18.8 Å². The fraction of sp³-hybridized carbons (Fsp3) is 0.333. The Kier molecular flexibility index (Phi) is 4.39. The van der Waals surface area contributed by atoms with E-state index in [4.69, 9.17) is 9.25 Å². The average Bonchev–Trinajstić information content (AvgIpc) is 2.97. The van der Waals surface area contributed by atoms with E-state index in [1.54, 1.807) is 11.4 Å². The van der Waals surface area contributed by atoms with Crippen LogP contribution < -0.4 is 10.6 Å². The number of carbonyl (C=O) groups is 3. The second-order valence-corrected chi connectivity index (χ2v) is 4.10. The Bertz CT molecular complexity index is 602. The number of ether oxygens (including phenoxy) is 1. The van der Waals surface area contributed by atoms with Gasteiger partial charge in [-0.05, 0) is 19.1 Å². The van der Waals surface area contributed by atoms with Crippen molar-refractivity contribution in [2.45, 2.75) is 18.8 Å². The lowest BCUT2D eigenvalue weighted by molar-refractivity contribution is -0.179. The van der Waals surface area contributed by atoms with Crippen LogP contribution in [0.25, 0.3) is 0 Å². The molecule has 22 heavy (non-hydrogen) atoms. The van der Waals surface area contributed by atoms with Crippen LogP contribution in [0.3, 0.4) is 0 Å². The van der Waals surface area contributed by atoms with Crippen LogP contribution in [0.1, 0.15) is 12.7 Å². The lowest BCUT2D eigenvalue weighted by atomic mass is 10.0. The van der Waals surface area contributed by atoms with E-state index < -0.39 is 29.8 Å². The molecule has 118 valence electrons. The van der Waals surface area contributed by atoms with Gasteiger partial charge >= 0.3 is 17.7 Å². The lowest BCUT2D eigenvalue weighted by Gasteiger charge is -2.32. The molecule has 0 aliphatic carbocycles. The average molecular weight is 313 g/mol. The minimum absolute atomic E-state index is 0.159. The Hall–Kier alpha value is -2.91. The lowest BCUT2D eigenvalue weighted by Crippen LogP contribution is -2.70. The molecule has 10 heteroatoms. The van der Waals surface area contributed by atoms with Crippen molar-refractivity contribution < 1.29 is 32.8 Å². The minimum atomic E-state index is -3.26. The fourth-order valence-corrected chi connectivity index (χ4v) is 1.61. The highest BCUT2D eigenvalue weighted by Crippen LogP contribution is 2.23. The summed E-state index contributed by atoms with van der Waals surface area (Å²) in [5.41, 5.74) is -3.26. The standard InChI is InChI=1S/C12H12FN3O6/c1-2-20-10(18)12(13)8(17)15-11(19)16-9(12)22-14-6-7-4-3-5-21-7/h3-6,9H,2H2,1H3,(H2,15,16,17,19)/b14-6+. The van der Waals surface area contributed by atoms with Crippen LogP contribution in [0, 0.1) is 0 Å². The summed E-state index contributed by atoms with van der Waals surface area (Å²) in [5.74, 6) is -2.70. The number of urea groups is 1. The highest BCUT2D eigenvalue weighted by molar-refractivity contribution is 6.14. The summed E-state index contributed by atoms with van der Waals surface area (Å²) < 4.78 is 24.1. The van der Waals surface area contributed by atoms with Crippen LogP contribution in [0.15, 0.2) is 28.0 Å². The van der Waals surface area contributed by atoms with Gasteiger partial charge in [0.15, 0.2) is 0 Å². The largest absolute Gasteiger partial charge is 0.463 e. The number of carbonyl (C=O) groups excluding carboxylic acids is 3. The third-order valence-electron chi connectivity index (χ3n) is 2.64. The molecule has 2 rings (SSSR count). The Balaban J connectivity index is 2.17. The number of furan rings is 1. The fourth-order valence-electron chi connectivity index (χ4n) is 1.61. The van der Waals surface area contributed by atoms with Crippen LogP contribution in [0.2, 0.25) is 0 Å². The number of alkyl halides is 1. The highest BCUT2D eigenvalue weighted by atomic mass is 19.1. The summed E-state index contributed by atoms with van der Waals surface area (Å²) in [4.78, 5) is 39.3. The first-order valence-electron chi connectivity index (χ1n) is 6.19. The van der Waals surface area contributed by atoms with Gasteiger partial charge in [0.05, 0.1) is 12.9 Å². The Morgan fingerprint density at radius 3 is 3.00 bits per heavy atom. The molecule has 2 N–H and O–H groups in total. The number of imide groups is 1. The maximum absolute atomic E-state index is 14.7. The van der Waals surface area contributed by atoms with Crippen molar-refractivity contribution in [3.8, 4) is 0 Å². The van der Waals surface area contributed by atoms with E-state index in [1.807, 2.05) is 5.32 Å². The van der Waals surface area contributed by atoms with E-state index in [-0.39, 0.29) is 12.4 Å². The molecule has 1 aromatic heterocycles. The molecule has 2 atom stereocenters. The van der Waals surface area contributed by atoms with Gasteiger partial charge < -0.3 is 14.0 Å². The van der Waals surface area contributed by atoms with Crippen LogP contribution in [-0.4, -0.2) is 42.6 Å². The zero-order valence-corrected chi connectivity index (χ0v) is 11.4. The van der Waals surface area contributed by atoms with E-state index in [1.165, 1.54) is 19.3 Å². The summed E-state index contributed by atoms with van der Waals surface area (Å²) in [6.07, 6.45) is 0.471. The molecule has 0 spiro atoms. The molecule has 1 aliphatic heterocycles. The molecule has 1 aliphatic rings. The van der Waals surface area contributed by atoms with Crippen molar-refractivity contribution in [1.29, 1.82) is 0 Å². The Labute approximate surface area is 123 Å². The normalized spacial score (nSPS) is 24.7. The first kappa shape index (κ1) is 15.5. The monoisotopic (exact) mass is 313 g/mol. The van der Waals surface area contributed by atoms with Gasteiger partial charge in [0, 0.05) is 0 Å².